The van der Waals surface area contributed by atoms with E-state index < -0.39 is 30.1 Å². The van der Waals surface area contributed by atoms with Crippen molar-refractivity contribution in [2.45, 2.75) is 38.1 Å². The molecule has 0 saturated carbocycles. The van der Waals surface area contributed by atoms with Crippen LogP contribution in [-0.2, 0) is 10.3 Å². The number of nitrogens with two attached hydrogens (primary N) is 1. The van der Waals surface area contributed by atoms with E-state index in [-0.39, 0.29) is 17.4 Å². The third-order valence-electron chi connectivity index (χ3n) is 3.04. The van der Waals surface area contributed by atoms with E-state index in [4.69, 9.17) is 5.73 Å². The second kappa shape index (κ2) is 4.60. The zero-order chi connectivity index (χ0) is 15.1. The number of nitrogen functional groups attached to an aromatic ring is 1. The van der Waals surface area contributed by atoms with Gasteiger partial charge in [0.25, 0.3) is 0 Å². The summed E-state index contributed by atoms with van der Waals surface area (Å²) in [6.45, 7) is 2.67. The highest BCUT2D eigenvalue weighted by atomic mass is 19.4. The van der Waals surface area contributed by atoms with Gasteiger partial charge in [-0.1, -0.05) is 0 Å². The number of hydrogen-bond donors (Lipinski definition) is 1. The number of ether oxygens (including phenoxy) is 1. The molecule has 2 atom stereocenters. The van der Waals surface area contributed by atoms with E-state index in [1.165, 1.54) is 19.9 Å². The minimum Gasteiger partial charge on any atom is -0.468 e. The van der Waals surface area contributed by atoms with Gasteiger partial charge >= 0.3 is 6.18 Å². The van der Waals surface area contributed by atoms with Crippen LogP contribution in [-0.4, -0.2) is 23.2 Å². The molecule has 20 heavy (non-hydrogen) atoms. The third kappa shape index (κ3) is 2.68. The first-order valence-corrected chi connectivity index (χ1v) is 5.84. The molecule has 1 aromatic heterocycles. The highest BCUT2D eigenvalue weighted by Crippen LogP contribution is 2.40. The Bertz CT molecular complexity index is 558. The van der Waals surface area contributed by atoms with Crippen LogP contribution in [0.4, 0.5) is 23.4 Å². The van der Waals surface area contributed by atoms with Crippen molar-refractivity contribution >= 4 is 11.7 Å². The zero-order valence-corrected chi connectivity index (χ0v) is 10.8. The SMILES string of the molecule is CC1=N[C@](C)(c2nc(N)ccc2F)C[C@@H](C(F)(F)F)O1. The van der Waals surface area contributed by atoms with Gasteiger partial charge in [0.2, 0.25) is 0 Å². The molecule has 1 aliphatic heterocycles. The standard InChI is InChI=1S/C12H13F4N3O/c1-6-19-11(2,5-8(20-6)12(14,15)16)10-7(13)3-4-9(17)18-10/h3-4,8H,5H2,1-2H3,(H2,17,18)/t8-,11-/m0/s1. The summed E-state index contributed by atoms with van der Waals surface area (Å²) in [6.07, 6.45) is -7.16. The summed E-state index contributed by atoms with van der Waals surface area (Å²) in [4.78, 5) is 7.78. The maximum absolute atomic E-state index is 13.8. The molecule has 0 saturated heterocycles. The van der Waals surface area contributed by atoms with Crippen LogP contribution in [0.2, 0.25) is 0 Å². The van der Waals surface area contributed by atoms with Crippen LogP contribution >= 0.6 is 0 Å². The molecule has 110 valence electrons. The van der Waals surface area contributed by atoms with Crippen LogP contribution in [0.3, 0.4) is 0 Å². The van der Waals surface area contributed by atoms with E-state index in [9.17, 15) is 17.6 Å². The Balaban J connectivity index is 2.48. The van der Waals surface area contributed by atoms with Crippen LogP contribution in [0.1, 0.15) is 26.0 Å². The zero-order valence-electron chi connectivity index (χ0n) is 10.8. The average Bonchev–Trinajstić information content (AvgIpc) is 2.30. The molecule has 0 bridgehead atoms. The molecule has 8 heteroatoms. The first-order valence-electron chi connectivity index (χ1n) is 5.84. The fraction of sp³-hybridized carbons (Fsp3) is 0.500. The van der Waals surface area contributed by atoms with E-state index in [0.717, 1.165) is 6.07 Å². The predicted molar refractivity (Wildman–Crippen MR) is 64.6 cm³/mol. The Morgan fingerprint density at radius 1 is 1.40 bits per heavy atom. The Labute approximate surface area is 112 Å². The van der Waals surface area contributed by atoms with E-state index in [1.807, 2.05) is 0 Å². The van der Waals surface area contributed by atoms with Crippen LogP contribution in [0.25, 0.3) is 0 Å². The Morgan fingerprint density at radius 3 is 2.65 bits per heavy atom. The molecule has 0 amide bonds. The Morgan fingerprint density at radius 2 is 2.05 bits per heavy atom. The second-order valence-corrected chi connectivity index (χ2v) is 4.82. The normalized spacial score (nSPS) is 26.9. The topological polar surface area (TPSA) is 60.5 Å². The number of halogens is 4. The van der Waals surface area contributed by atoms with E-state index in [2.05, 4.69) is 14.7 Å². The summed E-state index contributed by atoms with van der Waals surface area (Å²) in [6, 6.07) is 2.30. The monoisotopic (exact) mass is 291 g/mol. The Kier molecular flexibility index (Phi) is 3.35. The van der Waals surface area contributed by atoms with Gasteiger partial charge < -0.3 is 10.5 Å². The van der Waals surface area contributed by atoms with Gasteiger partial charge in [-0.25, -0.2) is 14.4 Å². The largest absolute Gasteiger partial charge is 0.468 e. The lowest BCUT2D eigenvalue weighted by atomic mass is 9.89. The highest BCUT2D eigenvalue weighted by Gasteiger charge is 2.50. The van der Waals surface area contributed by atoms with Gasteiger partial charge in [-0.15, -0.1) is 0 Å². The summed E-state index contributed by atoms with van der Waals surface area (Å²) in [5, 5.41) is 0. The number of hydrogen-bond acceptors (Lipinski definition) is 4. The van der Waals surface area contributed by atoms with Gasteiger partial charge in [-0.3, -0.25) is 0 Å². The number of alkyl halides is 3. The summed E-state index contributed by atoms with van der Waals surface area (Å²) >= 11 is 0. The fourth-order valence-corrected chi connectivity index (χ4v) is 2.20. The first-order chi connectivity index (χ1) is 9.12. The summed E-state index contributed by atoms with van der Waals surface area (Å²) in [5.41, 5.74) is 3.78. The van der Waals surface area contributed by atoms with Crippen molar-refractivity contribution < 1.29 is 22.3 Å². The summed E-state index contributed by atoms with van der Waals surface area (Å²) in [7, 11) is 0. The molecule has 0 radical (unpaired) electrons. The lowest BCUT2D eigenvalue weighted by Crippen LogP contribution is -2.43. The van der Waals surface area contributed by atoms with E-state index in [1.54, 1.807) is 0 Å². The maximum atomic E-state index is 13.8. The summed E-state index contributed by atoms with van der Waals surface area (Å²) < 4.78 is 57.0. The van der Waals surface area contributed by atoms with Crippen LogP contribution in [0.15, 0.2) is 17.1 Å². The van der Waals surface area contributed by atoms with E-state index in [0.29, 0.717) is 0 Å². The van der Waals surface area contributed by atoms with Gasteiger partial charge in [0.05, 0.1) is 0 Å². The lowest BCUT2D eigenvalue weighted by molar-refractivity contribution is -0.208. The Hall–Kier alpha value is -1.86. The molecule has 0 fully saturated rings. The molecule has 0 spiro atoms. The minimum absolute atomic E-state index is 0.0190. The van der Waals surface area contributed by atoms with Crippen LogP contribution in [0, 0.1) is 5.82 Å². The molecule has 2 heterocycles. The van der Waals surface area contributed by atoms with Crippen LogP contribution < -0.4 is 5.73 Å². The lowest BCUT2D eigenvalue weighted by Gasteiger charge is -2.35. The fourth-order valence-electron chi connectivity index (χ4n) is 2.20. The average molecular weight is 291 g/mol. The van der Waals surface area contributed by atoms with Crippen molar-refractivity contribution in [2.75, 3.05) is 5.73 Å². The molecular formula is C12H13F4N3O. The molecule has 2 N–H and O–H groups in total. The van der Waals surface area contributed by atoms with Gasteiger partial charge in [0.15, 0.2) is 12.0 Å². The molecule has 4 nitrogen and oxygen atoms in total. The van der Waals surface area contributed by atoms with Gasteiger partial charge in [0, 0.05) is 13.3 Å². The van der Waals surface area contributed by atoms with Crippen molar-refractivity contribution in [3.05, 3.63) is 23.6 Å². The van der Waals surface area contributed by atoms with Gasteiger partial charge in [0.1, 0.15) is 22.9 Å². The smallest absolute Gasteiger partial charge is 0.425 e. The molecule has 2 rings (SSSR count). The van der Waals surface area contributed by atoms with Gasteiger partial charge in [-0.2, -0.15) is 13.2 Å². The number of anilines is 1. The highest BCUT2D eigenvalue weighted by molar-refractivity contribution is 5.74. The third-order valence-corrected chi connectivity index (χ3v) is 3.04. The van der Waals surface area contributed by atoms with Crippen molar-refractivity contribution in [3.63, 3.8) is 0 Å². The van der Waals surface area contributed by atoms with E-state index >= 15 is 0 Å². The number of rotatable bonds is 1. The van der Waals surface area contributed by atoms with Crippen molar-refractivity contribution in [2.24, 2.45) is 4.99 Å². The predicted octanol–water partition coefficient (Wildman–Crippen LogP) is 2.79. The molecule has 1 aliphatic rings. The summed E-state index contributed by atoms with van der Waals surface area (Å²) in [5.74, 6) is -0.892. The van der Waals surface area contributed by atoms with Gasteiger partial charge in [-0.05, 0) is 19.1 Å². The number of pyridine rings is 1. The van der Waals surface area contributed by atoms with Crippen molar-refractivity contribution in [3.8, 4) is 0 Å². The quantitative estimate of drug-likeness (QED) is 0.809. The molecule has 0 aromatic carbocycles. The number of aliphatic imine (C=N–C) groups is 1. The van der Waals surface area contributed by atoms with Crippen molar-refractivity contribution in [1.82, 2.24) is 4.98 Å². The number of aromatic nitrogens is 1. The molecular weight excluding hydrogens is 278 g/mol. The number of nitrogens with zero attached hydrogens (tertiary/aromatic N) is 2. The minimum atomic E-state index is -4.56. The molecule has 0 aliphatic carbocycles. The molecule has 1 aromatic rings. The maximum Gasteiger partial charge on any atom is 0.425 e. The van der Waals surface area contributed by atoms with Crippen LogP contribution in [0.5, 0.6) is 0 Å². The second-order valence-electron chi connectivity index (χ2n) is 4.82. The molecule has 0 unspecified atom stereocenters. The first kappa shape index (κ1) is 14.5. The van der Waals surface area contributed by atoms with Crippen molar-refractivity contribution in [1.29, 1.82) is 0 Å².